The number of fused-ring (bicyclic) bond motifs is 7. The summed E-state index contributed by atoms with van der Waals surface area (Å²) >= 11 is 0. The third-order valence-electron chi connectivity index (χ3n) is 10.1. The van der Waals surface area contributed by atoms with Crippen LogP contribution in [0.4, 0.5) is 17.1 Å². The minimum Gasteiger partial charge on any atom is -0.309 e. The highest BCUT2D eigenvalue weighted by atomic mass is 15.1. The number of rotatable bonds is 5. The molecule has 0 aliphatic rings. The minimum atomic E-state index is 1.10. The Balaban J connectivity index is 1.26. The van der Waals surface area contributed by atoms with Gasteiger partial charge in [0.2, 0.25) is 0 Å². The lowest BCUT2D eigenvalue weighted by Crippen LogP contribution is -2.12. The van der Waals surface area contributed by atoms with Crippen LogP contribution in [0.5, 0.6) is 0 Å². The van der Waals surface area contributed by atoms with Gasteiger partial charge in [0.05, 0.1) is 16.7 Å². The van der Waals surface area contributed by atoms with Crippen LogP contribution >= 0.6 is 0 Å². The number of benzene rings is 9. The molecule has 0 aliphatic carbocycles. The van der Waals surface area contributed by atoms with Crippen molar-refractivity contribution in [1.29, 1.82) is 0 Å². The van der Waals surface area contributed by atoms with E-state index in [9.17, 15) is 0 Å². The van der Waals surface area contributed by atoms with Crippen LogP contribution in [0.15, 0.2) is 194 Å². The molecule has 50 heavy (non-hydrogen) atoms. The first-order chi connectivity index (χ1) is 24.8. The molecule has 0 atom stereocenters. The van der Waals surface area contributed by atoms with Gasteiger partial charge in [0.1, 0.15) is 0 Å². The van der Waals surface area contributed by atoms with E-state index in [-0.39, 0.29) is 0 Å². The number of hydrogen-bond donors (Lipinski definition) is 0. The molecule has 1 heterocycles. The lowest BCUT2D eigenvalue weighted by molar-refractivity contribution is 1.17. The van der Waals surface area contributed by atoms with Crippen LogP contribution in [0.2, 0.25) is 0 Å². The summed E-state index contributed by atoms with van der Waals surface area (Å²) in [6.07, 6.45) is 0. The van der Waals surface area contributed by atoms with Crippen LogP contribution < -0.4 is 4.90 Å². The first-order valence-electron chi connectivity index (χ1n) is 17.2. The Morgan fingerprint density at radius 1 is 0.340 bits per heavy atom. The zero-order valence-electron chi connectivity index (χ0n) is 27.4. The van der Waals surface area contributed by atoms with Gasteiger partial charge in [-0.3, -0.25) is 0 Å². The van der Waals surface area contributed by atoms with Crippen LogP contribution in [0, 0.1) is 0 Å². The van der Waals surface area contributed by atoms with E-state index in [2.05, 4.69) is 204 Å². The van der Waals surface area contributed by atoms with Crippen LogP contribution in [0.3, 0.4) is 0 Å². The van der Waals surface area contributed by atoms with E-state index in [1.807, 2.05) is 0 Å². The maximum absolute atomic E-state index is 2.45. The number of para-hydroxylation sites is 3. The first kappa shape index (κ1) is 28.4. The highest BCUT2D eigenvalue weighted by Crippen LogP contribution is 2.49. The van der Waals surface area contributed by atoms with Gasteiger partial charge in [-0.25, -0.2) is 0 Å². The van der Waals surface area contributed by atoms with E-state index in [1.165, 1.54) is 70.9 Å². The summed E-state index contributed by atoms with van der Waals surface area (Å²) in [5.41, 5.74) is 9.36. The predicted molar refractivity (Wildman–Crippen MR) is 213 cm³/mol. The summed E-state index contributed by atoms with van der Waals surface area (Å²) in [6.45, 7) is 0. The van der Waals surface area contributed by atoms with Gasteiger partial charge in [0, 0.05) is 38.8 Å². The summed E-state index contributed by atoms with van der Waals surface area (Å²) in [6, 6.07) is 70.5. The van der Waals surface area contributed by atoms with Crippen LogP contribution in [-0.4, -0.2) is 4.57 Å². The van der Waals surface area contributed by atoms with Gasteiger partial charge in [-0.05, 0) is 87.1 Å². The van der Waals surface area contributed by atoms with Crippen LogP contribution in [-0.2, 0) is 0 Å². The van der Waals surface area contributed by atoms with Gasteiger partial charge in [0.25, 0.3) is 0 Å². The van der Waals surface area contributed by atoms with Gasteiger partial charge >= 0.3 is 0 Å². The molecule has 0 unspecified atom stereocenters. The normalized spacial score (nSPS) is 11.6. The summed E-state index contributed by atoms with van der Waals surface area (Å²) in [5.74, 6) is 0. The van der Waals surface area contributed by atoms with Crippen molar-refractivity contribution in [3.05, 3.63) is 194 Å². The molecule has 0 amide bonds. The fourth-order valence-electron chi connectivity index (χ4n) is 7.93. The molecule has 0 N–H and O–H groups in total. The predicted octanol–water partition coefficient (Wildman–Crippen LogP) is 13.4. The van der Waals surface area contributed by atoms with E-state index in [1.54, 1.807) is 0 Å². The first-order valence-corrected chi connectivity index (χ1v) is 17.2. The second-order valence-electron chi connectivity index (χ2n) is 12.9. The second kappa shape index (κ2) is 11.5. The fraction of sp³-hybridized carbons (Fsp3) is 0. The molecule has 0 radical (unpaired) electrons. The molecule has 1 aromatic heterocycles. The molecule has 0 aliphatic heterocycles. The monoisotopic (exact) mass is 636 g/mol. The summed E-state index contributed by atoms with van der Waals surface area (Å²) < 4.78 is 2.38. The second-order valence-corrected chi connectivity index (χ2v) is 12.9. The van der Waals surface area contributed by atoms with Crippen LogP contribution in [0.1, 0.15) is 0 Å². The third-order valence-corrected chi connectivity index (χ3v) is 10.1. The lowest BCUT2D eigenvalue weighted by Gasteiger charge is -2.31. The maximum Gasteiger partial charge on any atom is 0.0624 e. The number of hydrogen-bond acceptors (Lipinski definition) is 1. The standard InChI is InChI=1S/C48H32N2/c1-2-16-36(17-3-1)49(37-28-30-38(31-29-37)50-45-24-12-10-20-41(45)42-21-11-13-25-46(42)50)48-44-23-9-7-19-40(44)39-18-6-8-22-43(39)47(48)35-27-26-33-14-4-5-15-34(33)32-35/h1-32H. The third kappa shape index (κ3) is 4.43. The SMILES string of the molecule is c1ccc(N(c2ccc(-n3c4ccccc4c4ccccc43)cc2)c2c(-c3ccc4ccccc4c3)c3ccccc3c3ccccc23)cc1. The van der Waals surface area contributed by atoms with Gasteiger partial charge in [0.15, 0.2) is 0 Å². The Labute approximate surface area is 290 Å². The van der Waals surface area contributed by atoms with E-state index in [0.29, 0.717) is 0 Å². The molecule has 10 aromatic rings. The van der Waals surface area contributed by atoms with Crippen molar-refractivity contribution >= 4 is 71.2 Å². The quantitative estimate of drug-likeness (QED) is 0.171. The van der Waals surface area contributed by atoms with Crippen molar-refractivity contribution in [2.24, 2.45) is 0 Å². The Hall–Kier alpha value is -6.64. The summed E-state index contributed by atoms with van der Waals surface area (Å²) in [4.78, 5) is 2.45. The van der Waals surface area contributed by atoms with Gasteiger partial charge in [-0.1, -0.05) is 140 Å². The average molecular weight is 637 g/mol. The van der Waals surface area contributed by atoms with E-state index in [0.717, 1.165) is 17.1 Å². The van der Waals surface area contributed by atoms with Gasteiger partial charge in [-0.2, -0.15) is 0 Å². The zero-order chi connectivity index (χ0) is 33.0. The Morgan fingerprint density at radius 2 is 0.840 bits per heavy atom. The number of nitrogens with zero attached hydrogens (tertiary/aromatic N) is 2. The molecule has 2 nitrogen and oxygen atoms in total. The van der Waals surface area contributed by atoms with Crippen molar-refractivity contribution in [2.75, 3.05) is 4.90 Å². The molecular formula is C48H32N2. The molecular weight excluding hydrogens is 605 g/mol. The number of aromatic nitrogens is 1. The molecule has 0 saturated carbocycles. The Bertz CT molecular complexity index is 2810. The van der Waals surface area contributed by atoms with E-state index in [4.69, 9.17) is 0 Å². The Morgan fingerprint density at radius 3 is 1.52 bits per heavy atom. The molecule has 0 bridgehead atoms. The molecule has 0 spiro atoms. The summed E-state index contributed by atoms with van der Waals surface area (Å²) in [5, 5.41) is 9.94. The Kier molecular flexibility index (Phi) is 6.53. The largest absolute Gasteiger partial charge is 0.309 e. The van der Waals surface area contributed by atoms with E-state index >= 15 is 0 Å². The molecule has 10 rings (SSSR count). The summed E-state index contributed by atoms with van der Waals surface area (Å²) in [7, 11) is 0. The highest BCUT2D eigenvalue weighted by Gasteiger charge is 2.24. The molecule has 234 valence electrons. The smallest absolute Gasteiger partial charge is 0.0624 e. The lowest BCUT2D eigenvalue weighted by atomic mass is 9.89. The zero-order valence-corrected chi connectivity index (χ0v) is 27.4. The molecule has 0 fully saturated rings. The van der Waals surface area contributed by atoms with Crippen LogP contribution in [0.25, 0.3) is 70.9 Å². The van der Waals surface area contributed by atoms with Gasteiger partial charge in [-0.15, -0.1) is 0 Å². The maximum atomic E-state index is 2.45. The highest BCUT2D eigenvalue weighted by molar-refractivity contribution is 6.22. The molecule has 0 saturated heterocycles. The van der Waals surface area contributed by atoms with Gasteiger partial charge < -0.3 is 9.47 Å². The molecule has 2 heteroatoms. The van der Waals surface area contributed by atoms with Crippen molar-refractivity contribution in [2.45, 2.75) is 0 Å². The average Bonchev–Trinajstić information content (AvgIpc) is 3.53. The topological polar surface area (TPSA) is 8.17 Å². The van der Waals surface area contributed by atoms with E-state index < -0.39 is 0 Å². The molecule has 9 aromatic carbocycles. The minimum absolute atomic E-state index is 1.10. The van der Waals surface area contributed by atoms with Crippen molar-refractivity contribution in [3.8, 4) is 16.8 Å². The fourth-order valence-corrected chi connectivity index (χ4v) is 7.93. The number of anilines is 3. The van der Waals surface area contributed by atoms with Crippen molar-refractivity contribution < 1.29 is 0 Å². The van der Waals surface area contributed by atoms with Crippen molar-refractivity contribution in [3.63, 3.8) is 0 Å². The van der Waals surface area contributed by atoms with Crippen molar-refractivity contribution in [1.82, 2.24) is 4.57 Å².